The lowest BCUT2D eigenvalue weighted by atomic mass is 10.1. The zero-order chi connectivity index (χ0) is 41.1. The Hall–Kier alpha value is -6.49. The van der Waals surface area contributed by atoms with Crippen molar-refractivity contribution in [1.29, 1.82) is 0 Å². The van der Waals surface area contributed by atoms with Gasteiger partial charge in [-0.25, -0.2) is 28.7 Å². The van der Waals surface area contributed by atoms with E-state index >= 15 is 0 Å². The Balaban J connectivity index is 0.000000177. The predicted molar refractivity (Wildman–Crippen MR) is 221 cm³/mol. The molecule has 8 aromatic rings. The summed E-state index contributed by atoms with van der Waals surface area (Å²) in [6.07, 6.45) is 5.44. The molecule has 4 N–H and O–H groups in total. The monoisotopic (exact) mass is 802 g/mol. The molecule has 6 heterocycles. The van der Waals surface area contributed by atoms with Crippen molar-refractivity contribution in [2.24, 2.45) is 0 Å². The number of rotatable bonds is 10. The van der Waals surface area contributed by atoms with Gasteiger partial charge in [0, 0.05) is 36.6 Å². The summed E-state index contributed by atoms with van der Waals surface area (Å²) in [5, 5.41) is 0.0291. The molecule has 14 nitrogen and oxygen atoms in total. The fraction of sp³-hybridized carbons (Fsp3) is 0.220. The number of fused-ring (bicyclic) bond motifs is 2. The number of nitrogen functional groups attached to an aromatic ring is 2. The molecule has 0 saturated heterocycles. The van der Waals surface area contributed by atoms with Crippen LogP contribution in [0, 0.1) is 18.6 Å². The quantitative estimate of drug-likeness (QED) is 0.146. The second kappa shape index (κ2) is 16.9. The van der Waals surface area contributed by atoms with Gasteiger partial charge < -0.3 is 30.4 Å². The van der Waals surface area contributed by atoms with Crippen molar-refractivity contribution >= 4 is 45.6 Å². The number of hydrogen-bond donors (Lipinski definition) is 2. The van der Waals surface area contributed by atoms with Crippen LogP contribution in [0.1, 0.15) is 28.1 Å². The summed E-state index contributed by atoms with van der Waals surface area (Å²) < 4.78 is 31.4. The first-order valence-corrected chi connectivity index (χ1v) is 18.6. The van der Waals surface area contributed by atoms with Crippen LogP contribution in [0.25, 0.3) is 45.1 Å². The van der Waals surface area contributed by atoms with Crippen molar-refractivity contribution in [3.8, 4) is 22.8 Å². The summed E-state index contributed by atoms with van der Waals surface area (Å²) in [5.41, 5.74) is 19.7. The topological polar surface area (TPSA) is 172 Å². The minimum Gasteiger partial charge on any atom is -0.382 e. The SMILES string of the molecule is CN(C)Cc1ccc(Cn2c(-c3cncc(F)c3)nc3c(N)nc(Cl)nc32)cc1.Cc1nc(N)c2nc(-c3cncc(F)c3)n(Cc3ccc(CN(C)C)cc3)c2n1. The summed E-state index contributed by atoms with van der Waals surface area (Å²) in [7, 11) is 8.13. The maximum Gasteiger partial charge on any atom is 0.226 e. The van der Waals surface area contributed by atoms with Gasteiger partial charge in [0.15, 0.2) is 34.0 Å². The van der Waals surface area contributed by atoms with Gasteiger partial charge in [0.2, 0.25) is 5.28 Å². The Labute approximate surface area is 338 Å². The molecule has 0 aliphatic heterocycles. The Kier molecular flexibility index (Phi) is 11.6. The number of nitrogens with two attached hydrogens (primary N) is 2. The van der Waals surface area contributed by atoms with Gasteiger partial charge >= 0.3 is 0 Å². The minimum atomic E-state index is -0.453. The lowest BCUT2D eigenvalue weighted by molar-refractivity contribution is 0.402. The average Bonchev–Trinajstić information content (AvgIpc) is 3.71. The van der Waals surface area contributed by atoms with E-state index in [0.29, 0.717) is 69.8 Å². The zero-order valence-electron chi connectivity index (χ0n) is 32.6. The van der Waals surface area contributed by atoms with Crippen LogP contribution in [-0.2, 0) is 26.2 Å². The molecule has 0 spiro atoms. The number of anilines is 2. The van der Waals surface area contributed by atoms with Crippen LogP contribution in [0.3, 0.4) is 0 Å². The largest absolute Gasteiger partial charge is 0.382 e. The van der Waals surface area contributed by atoms with Crippen LogP contribution in [0.4, 0.5) is 20.4 Å². The average molecular weight is 803 g/mol. The van der Waals surface area contributed by atoms with E-state index in [1.165, 1.54) is 23.3 Å². The lowest BCUT2D eigenvalue weighted by Crippen LogP contribution is -2.10. The van der Waals surface area contributed by atoms with Crippen molar-refractivity contribution in [3.05, 3.63) is 130 Å². The molecule has 0 radical (unpaired) electrons. The van der Waals surface area contributed by atoms with Crippen LogP contribution >= 0.6 is 11.6 Å². The number of halogens is 3. The van der Waals surface area contributed by atoms with Gasteiger partial charge in [-0.05, 0) is 81.1 Å². The molecule has 58 heavy (non-hydrogen) atoms. The van der Waals surface area contributed by atoms with Crippen LogP contribution in [0.2, 0.25) is 5.28 Å². The summed E-state index contributed by atoms with van der Waals surface area (Å²) in [6.45, 7) is 4.48. The van der Waals surface area contributed by atoms with E-state index in [2.05, 4.69) is 86.1 Å². The molecule has 8 rings (SSSR count). The molecule has 0 aliphatic rings. The first kappa shape index (κ1) is 39.7. The highest BCUT2D eigenvalue weighted by Gasteiger charge is 2.20. The number of hydrogen-bond acceptors (Lipinski definition) is 12. The van der Waals surface area contributed by atoms with Crippen LogP contribution in [0.5, 0.6) is 0 Å². The van der Waals surface area contributed by atoms with Crippen molar-refractivity contribution in [1.82, 2.24) is 58.8 Å². The van der Waals surface area contributed by atoms with Gasteiger partial charge in [0.05, 0.1) is 25.5 Å². The number of imidazole rings is 2. The third-order valence-corrected chi connectivity index (χ3v) is 9.15. The second-order valence-electron chi connectivity index (χ2n) is 14.3. The Morgan fingerprint density at radius 1 is 0.569 bits per heavy atom. The van der Waals surface area contributed by atoms with E-state index in [4.69, 9.17) is 23.1 Å². The normalized spacial score (nSPS) is 11.5. The lowest BCUT2D eigenvalue weighted by Gasteiger charge is -2.12. The highest BCUT2D eigenvalue weighted by Crippen LogP contribution is 2.29. The van der Waals surface area contributed by atoms with Crippen molar-refractivity contribution < 1.29 is 8.78 Å². The number of aryl methyl sites for hydroxylation is 1. The summed E-state index contributed by atoms with van der Waals surface area (Å²) in [4.78, 5) is 38.3. The van der Waals surface area contributed by atoms with Gasteiger partial charge in [-0.2, -0.15) is 9.97 Å². The van der Waals surface area contributed by atoms with Gasteiger partial charge in [-0.15, -0.1) is 0 Å². The van der Waals surface area contributed by atoms with E-state index < -0.39 is 11.6 Å². The summed E-state index contributed by atoms with van der Waals surface area (Å²) in [5.74, 6) is 1.20. The first-order valence-electron chi connectivity index (χ1n) is 18.2. The van der Waals surface area contributed by atoms with E-state index in [1.807, 2.05) is 49.5 Å². The maximum absolute atomic E-state index is 13.8. The molecule has 0 bridgehead atoms. The Bertz CT molecular complexity index is 2530. The van der Waals surface area contributed by atoms with Crippen molar-refractivity contribution in [2.45, 2.75) is 33.1 Å². The Morgan fingerprint density at radius 3 is 1.41 bits per heavy atom. The minimum absolute atomic E-state index is 0.0291. The number of benzene rings is 2. The fourth-order valence-electron chi connectivity index (χ4n) is 6.53. The molecule has 0 atom stereocenters. The molecule has 2 aromatic carbocycles. The summed E-state index contributed by atoms with van der Waals surface area (Å²) in [6, 6.07) is 19.4. The molecular formula is C41H41ClF2N14. The highest BCUT2D eigenvalue weighted by molar-refractivity contribution is 6.28. The second-order valence-corrected chi connectivity index (χ2v) is 14.7. The molecule has 0 saturated carbocycles. The van der Waals surface area contributed by atoms with E-state index in [1.54, 1.807) is 19.3 Å². The highest BCUT2D eigenvalue weighted by atomic mass is 35.5. The first-order chi connectivity index (χ1) is 27.8. The smallest absolute Gasteiger partial charge is 0.226 e. The fourth-order valence-corrected chi connectivity index (χ4v) is 6.70. The molecule has 6 aromatic heterocycles. The van der Waals surface area contributed by atoms with E-state index in [0.717, 1.165) is 36.6 Å². The van der Waals surface area contributed by atoms with Gasteiger partial charge in [0.25, 0.3) is 0 Å². The van der Waals surface area contributed by atoms with Crippen LogP contribution < -0.4 is 11.5 Å². The van der Waals surface area contributed by atoms with Crippen LogP contribution in [-0.4, -0.2) is 87.0 Å². The third kappa shape index (κ3) is 9.04. The Morgan fingerprint density at radius 2 is 0.983 bits per heavy atom. The molecule has 17 heteroatoms. The predicted octanol–water partition coefficient (Wildman–Crippen LogP) is 6.40. The molecular weight excluding hydrogens is 762 g/mol. The van der Waals surface area contributed by atoms with Crippen LogP contribution in [0.15, 0.2) is 85.5 Å². The maximum atomic E-state index is 13.8. The third-order valence-electron chi connectivity index (χ3n) is 8.98. The van der Waals surface area contributed by atoms with Gasteiger partial charge in [-0.1, -0.05) is 48.5 Å². The molecule has 0 unspecified atom stereocenters. The number of pyridine rings is 2. The molecule has 0 fully saturated rings. The summed E-state index contributed by atoms with van der Waals surface area (Å²) >= 11 is 6.03. The molecule has 296 valence electrons. The van der Waals surface area contributed by atoms with Crippen molar-refractivity contribution in [3.63, 3.8) is 0 Å². The molecule has 0 aliphatic carbocycles. The van der Waals surface area contributed by atoms with Crippen molar-refractivity contribution in [2.75, 3.05) is 39.7 Å². The van der Waals surface area contributed by atoms with Gasteiger partial charge in [-0.3, -0.25) is 9.97 Å². The van der Waals surface area contributed by atoms with Gasteiger partial charge in [0.1, 0.15) is 29.1 Å². The van der Waals surface area contributed by atoms with E-state index in [9.17, 15) is 8.78 Å². The zero-order valence-corrected chi connectivity index (χ0v) is 33.3. The number of nitrogens with zero attached hydrogens (tertiary/aromatic N) is 12. The number of aromatic nitrogens is 10. The van der Waals surface area contributed by atoms with E-state index in [-0.39, 0.29) is 11.1 Å². The molecule has 0 amide bonds. The standard InChI is InChI=1S/C21H22FN7.C20H19ClFN7/c1-13-25-19(23)18-21(26-13)29(20(27-18)16-8-17(22)10-24-9-16)12-15-6-4-14(5-7-15)11-28(2)3;1-28(2)10-12-3-5-13(6-4-12)11-29-18(14-7-15(22)9-24-8-14)25-16-17(23)26-20(21)27-19(16)29/h4-10H,11-12H2,1-3H3,(H2,23,25,26);3-9H,10-11H2,1-2H3,(H2,23,26,27).